The lowest BCUT2D eigenvalue weighted by molar-refractivity contribution is -0.142. The van der Waals surface area contributed by atoms with E-state index in [-0.39, 0.29) is 34.3 Å². The Morgan fingerprint density at radius 2 is 2.00 bits per heavy atom. The molecule has 17 heavy (non-hydrogen) atoms. The first-order valence-corrected chi connectivity index (χ1v) is 6.12. The van der Waals surface area contributed by atoms with Gasteiger partial charge < -0.3 is 14.2 Å². The standard InChI is InChI=1S/C11H13BrO5/c1-4(13)17-10-8(14)5-6(7(5)12)9(15-2)11(10)16-3/h5-7,9H,1-3H3/t5-,6+,7?,9+/m1/s1. The number of alkyl halides is 1. The number of halogens is 1. The maximum Gasteiger partial charge on any atom is 0.308 e. The van der Waals surface area contributed by atoms with Crippen molar-refractivity contribution in [2.24, 2.45) is 11.8 Å². The van der Waals surface area contributed by atoms with Gasteiger partial charge in [-0.25, -0.2) is 0 Å². The largest absolute Gasteiger partial charge is 0.494 e. The van der Waals surface area contributed by atoms with Crippen LogP contribution < -0.4 is 0 Å². The minimum Gasteiger partial charge on any atom is -0.494 e. The Hall–Kier alpha value is -0.880. The van der Waals surface area contributed by atoms with Crippen molar-refractivity contribution < 1.29 is 23.8 Å². The van der Waals surface area contributed by atoms with E-state index in [1.54, 1.807) is 7.11 Å². The SMILES string of the molecule is COC1=C(OC(C)=O)C(=O)[C@H]2C(Br)[C@H]2[C@@H]1OC. The number of rotatable bonds is 3. The minimum absolute atomic E-state index is 0.0185. The van der Waals surface area contributed by atoms with Gasteiger partial charge in [-0.05, 0) is 0 Å². The molecule has 0 bridgehead atoms. The van der Waals surface area contributed by atoms with Gasteiger partial charge in [0.1, 0.15) is 6.10 Å². The Bertz CT molecular complexity index is 403. The van der Waals surface area contributed by atoms with Gasteiger partial charge in [0.05, 0.1) is 7.11 Å². The van der Waals surface area contributed by atoms with Crippen LogP contribution in [-0.2, 0) is 23.8 Å². The summed E-state index contributed by atoms with van der Waals surface area (Å²) < 4.78 is 15.4. The number of hydrogen-bond donors (Lipinski definition) is 0. The minimum atomic E-state index is -0.539. The molecule has 2 rings (SSSR count). The first-order valence-electron chi connectivity index (χ1n) is 5.20. The summed E-state index contributed by atoms with van der Waals surface area (Å²) in [5.74, 6) is -0.582. The van der Waals surface area contributed by atoms with Gasteiger partial charge in [-0.1, -0.05) is 15.9 Å². The molecule has 4 atom stereocenters. The zero-order chi connectivity index (χ0) is 12.7. The van der Waals surface area contributed by atoms with Gasteiger partial charge >= 0.3 is 5.97 Å². The highest BCUT2D eigenvalue weighted by Crippen LogP contribution is 2.55. The molecule has 6 heteroatoms. The quantitative estimate of drug-likeness (QED) is 0.575. The first kappa shape index (κ1) is 12.6. The van der Waals surface area contributed by atoms with E-state index in [0.29, 0.717) is 5.76 Å². The molecule has 0 aromatic rings. The van der Waals surface area contributed by atoms with Crippen LogP contribution in [0, 0.1) is 11.8 Å². The number of esters is 1. The smallest absolute Gasteiger partial charge is 0.308 e. The van der Waals surface area contributed by atoms with Crippen LogP contribution in [0.25, 0.3) is 0 Å². The Kier molecular flexibility index (Phi) is 3.27. The second-order valence-electron chi connectivity index (χ2n) is 4.06. The topological polar surface area (TPSA) is 61.8 Å². The Labute approximate surface area is 107 Å². The van der Waals surface area contributed by atoms with Gasteiger partial charge in [-0.3, -0.25) is 9.59 Å². The predicted molar refractivity (Wildman–Crippen MR) is 61.3 cm³/mol. The number of fused-ring (bicyclic) bond motifs is 1. The summed E-state index contributed by atoms with van der Waals surface area (Å²) >= 11 is 3.42. The number of ether oxygens (including phenoxy) is 3. The lowest BCUT2D eigenvalue weighted by Crippen LogP contribution is -2.30. The summed E-state index contributed by atoms with van der Waals surface area (Å²) in [5, 5.41) is 0. The number of hydrogen-bond acceptors (Lipinski definition) is 5. The third-order valence-electron chi connectivity index (χ3n) is 3.06. The van der Waals surface area contributed by atoms with Gasteiger partial charge in [-0.2, -0.15) is 0 Å². The van der Waals surface area contributed by atoms with E-state index in [0.717, 1.165) is 0 Å². The Morgan fingerprint density at radius 1 is 1.35 bits per heavy atom. The summed E-state index contributed by atoms with van der Waals surface area (Å²) in [4.78, 5) is 23.1. The first-order chi connectivity index (χ1) is 8.02. The molecule has 0 radical (unpaired) electrons. The highest BCUT2D eigenvalue weighted by Gasteiger charge is 2.63. The number of methoxy groups -OCH3 is 2. The third kappa shape index (κ3) is 1.89. The second kappa shape index (κ2) is 4.42. The van der Waals surface area contributed by atoms with Crippen molar-refractivity contribution in [3.05, 3.63) is 11.5 Å². The molecule has 94 valence electrons. The Morgan fingerprint density at radius 3 is 2.47 bits per heavy atom. The normalized spacial score (nSPS) is 35.4. The summed E-state index contributed by atoms with van der Waals surface area (Å²) in [5.41, 5.74) is 0. The van der Waals surface area contributed by atoms with Crippen LogP contribution in [0.4, 0.5) is 0 Å². The number of carbonyl (C=O) groups excluding carboxylic acids is 2. The molecule has 0 aromatic heterocycles. The molecule has 0 saturated heterocycles. The van der Waals surface area contributed by atoms with Crippen LogP contribution in [0.1, 0.15) is 6.92 Å². The molecule has 1 fully saturated rings. The third-order valence-corrected chi connectivity index (χ3v) is 4.24. The van der Waals surface area contributed by atoms with E-state index >= 15 is 0 Å². The van der Waals surface area contributed by atoms with Crippen molar-refractivity contribution in [1.82, 2.24) is 0 Å². The van der Waals surface area contributed by atoms with Gasteiger partial charge in [-0.15, -0.1) is 0 Å². The zero-order valence-corrected chi connectivity index (χ0v) is 11.3. The van der Waals surface area contributed by atoms with Crippen LogP contribution >= 0.6 is 15.9 Å². The van der Waals surface area contributed by atoms with Crippen molar-refractivity contribution in [3.8, 4) is 0 Å². The van der Waals surface area contributed by atoms with Crippen LogP contribution in [0.2, 0.25) is 0 Å². The maximum absolute atomic E-state index is 12.0. The molecular formula is C11H13BrO5. The highest BCUT2D eigenvalue weighted by molar-refractivity contribution is 9.09. The highest BCUT2D eigenvalue weighted by atomic mass is 79.9. The number of ketones is 1. The van der Waals surface area contributed by atoms with Crippen LogP contribution in [-0.4, -0.2) is 36.9 Å². The van der Waals surface area contributed by atoms with Crippen molar-refractivity contribution >= 4 is 27.7 Å². The molecule has 0 spiro atoms. The molecule has 2 aliphatic rings. The van der Waals surface area contributed by atoms with Crippen LogP contribution in [0.15, 0.2) is 11.5 Å². The average Bonchev–Trinajstić information content (AvgIpc) is 2.93. The molecular weight excluding hydrogens is 292 g/mol. The molecule has 2 aliphatic carbocycles. The molecule has 5 nitrogen and oxygen atoms in total. The van der Waals surface area contributed by atoms with Crippen LogP contribution in [0.5, 0.6) is 0 Å². The number of Topliss-reactive ketones (excluding diaryl/α,β-unsaturated/α-hetero) is 1. The number of carbonyl (C=O) groups is 2. The second-order valence-corrected chi connectivity index (χ2v) is 5.12. The van der Waals surface area contributed by atoms with Crippen molar-refractivity contribution in [2.75, 3.05) is 14.2 Å². The van der Waals surface area contributed by atoms with Gasteiger partial charge in [0.25, 0.3) is 0 Å². The average molecular weight is 305 g/mol. The van der Waals surface area contributed by atoms with E-state index in [1.165, 1.54) is 14.0 Å². The monoisotopic (exact) mass is 304 g/mol. The molecule has 0 amide bonds. The molecule has 1 saturated carbocycles. The summed E-state index contributed by atoms with van der Waals surface area (Å²) in [6.45, 7) is 1.25. The van der Waals surface area contributed by atoms with Crippen molar-refractivity contribution in [1.29, 1.82) is 0 Å². The predicted octanol–water partition coefficient (Wildman–Crippen LogP) is 1.01. The maximum atomic E-state index is 12.0. The van der Waals surface area contributed by atoms with Gasteiger partial charge in [0.2, 0.25) is 11.5 Å². The van der Waals surface area contributed by atoms with Crippen molar-refractivity contribution in [3.63, 3.8) is 0 Å². The zero-order valence-electron chi connectivity index (χ0n) is 9.73. The van der Waals surface area contributed by atoms with Crippen LogP contribution in [0.3, 0.4) is 0 Å². The molecule has 0 heterocycles. The molecule has 0 aromatic carbocycles. The molecule has 0 aliphatic heterocycles. The van der Waals surface area contributed by atoms with Gasteiger partial charge in [0.15, 0.2) is 5.76 Å². The fraction of sp³-hybridized carbons (Fsp3) is 0.636. The Balaban J connectivity index is 2.38. The lowest BCUT2D eigenvalue weighted by atomic mass is 10.00. The van der Waals surface area contributed by atoms with Gasteiger partial charge in [0, 0.05) is 30.7 Å². The summed E-state index contributed by atoms with van der Waals surface area (Å²) in [6, 6.07) is 0. The fourth-order valence-corrected chi connectivity index (χ4v) is 3.29. The fourth-order valence-electron chi connectivity index (χ4n) is 2.26. The van der Waals surface area contributed by atoms with E-state index in [4.69, 9.17) is 14.2 Å². The molecule has 0 N–H and O–H groups in total. The molecule has 1 unspecified atom stereocenters. The van der Waals surface area contributed by atoms with Crippen molar-refractivity contribution in [2.45, 2.75) is 17.9 Å². The van der Waals surface area contributed by atoms with E-state index < -0.39 is 5.97 Å². The summed E-state index contributed by atoms with van der Waals surface area (Å²) in [7, 11) is 2.98. The van der Waals surface area contributed by atoms with E-state index in [2.05, 4.69) is 15.9 Å². The van der Waals surface area contributed by atoms with E-state index in [1.807, 2.05) is 0 Å². The van der Waals surface area contributed by atoms with E-state index in [9.17, 15) is 9.59 Å². The number of allylic oxidation sites excluding steroid dienone is 1. The summed E-state index contributed by atoms with van der Waals surface area (Å²) in [6.07, 6.45) is -0.346. The lowest BCUT2D eigenvalue weighted by Gasteiger charge is -2.23.